The van der Waals surface area contributed by atoms with E-state index in [0.29, 0.717) is 6.54 Å². The van der Waals surface area contributed by atoms with Crippen LogP contribution in [0, 0.1) is 6.92 Å². The molecule has 0 bridgehead atoms. The Morgan fingerprint density at radius 1 is 1.25 bits per heavy atom. The van der Waals surface area contributed by atoms with Crippen molar-refractivity contribution < 1.29 is 0 Å². The van der Waals surface area contributed by atoms with Gasteiger partial charge < -0.3 is 5.32 Å². The molecule has 1 unspecified atom stereocenters. The molecule has 2 rings (SSSR count). The Morgan fingerprint density at radius 3 is 2.65 bits per heavy atom. The largest absolute Gasteiger partial charge is 0.328 e. The Hall–Kier alpha value is -1.81. The maximum atomic E-state index is 12.2. The minimum Gasteiger partial charge on any atom is -0.312 e. The smallest absolute Gasteiger partial charge is 0.312 e. The Bertz CT molecular complexity index is 612. The van der Waals surface area contributed by atoms with Crippen LogP contribution in [0.5, 0.6) is 0 Å². The lowest BCUT2D eigenvalue weighted by molar-refractivity contribution is 0.482. The summed E-state index contributed by atoms with van der Waals surface area (Å²) in [5.41, 5.74) is 2.51. The zero-order valence-electron chi connectivity index (χ0n) is 12.5. The van der Waals surface area contributed by atoms with Crippen molar-refractivity contribution in [3.8, 4) is 0 Å². The molecular weight excluding hydrogens is 250 g/mol. The van der Waals surface area contributed by atoms with E-state index < -0.39 is 0 Å². The first-order valence-corrected chi connectivity index (χ1v) is 7.15. The summed E-state index contributed by atoms with van der Waals surface area (Å²) in [6.07, 6.45) is 4.71. The van der Waals surface area contributed by atoms with E-state index in [-0.39, 0.29) is 11.7 Å². The van der Waals surface area contributed by atoms with Gasteiger partial charge in [-0.2, -0.15) is 0 Å². The Labute approximate surface area is 120 Å². The maximum absolute atomic E-state index is 12.2. The lowest BCUT2D eigenvalue weighted by Crippen LogP contribution is -2.30. The Balaban J connectivity index is 2.20. The Kier molecular flexibility index (Phi) is 4.79. The summed E-state index contributed by atoms with van der Waals surface area (Å²) in [4.78, 5) is 12.2. The molecule has 1 aromatic heterocycles. The van der Waals surface area contributed by atoms with Crippen LogP contribution in [0.4, 0.5) is 0 Å². The maximum Gasteiger partial charge on any atom is 0.328 e. The van der Waals surface area contributed by atoms with Crippen LogP contribution in [0.2, 0.25) is 0 Å². The zero-order valence-corrected chi connectivity index (χ0v) is 12.5. The van der Waals surface area contributed by atoms with Crippen LogP contribution in [0.1, 0.15) is 30.5 Å². The van der Waals surface area contributed by atoms with Gasteiger partial charge in [0, 0.05) is 25.5 Å². The topological polar surface area (TPSA) is 39.0 Å². The molecule has 108 valence electrons. The van der Waals surface area contributed by atoms with Crippen molar-refractivity contribution in [1.82, 2.24) is 14.5 Å². The molecule has 0 aliphatic rings. The third-order valence-electron chi connectivity index (χ3n) is 3.55. The Morgan fingerprint density at radius 2 is 2.00 bits per heavy atom. The predicted octanol–water partition coefficient (Wildman–Crippen LogP) is 2.33. The van der Waals surface area contributed by atoms with Gasteiger partial charge in [0.1, 0.15) is 0 Å². The average Bonchev–Trinajstić information content (AvgIpc) is 2.78. The van der Waals surface area contributed by atoms with Crippen LogP contribution < -0.4 is 11.0 Å². The number of hydrogen-bond acceptors (Lipinski definition) is 2. The second-order valence-corrected chi connectivity index (χ2v) is 5.18. The highest BCUT2D eigenvalue weighted by molar-refractivity contribution is 5.25. The quantitative estimate of drug-likeness (QED) is 0.877. The normalized spacial score (nSPS) is 12.6. The predicted molar refractivity (Wildman–Crippen MR) is 82.0 cm³/mol. The molecule has 0 saturated carbocycles. The molecule has 0 spiro atoms. The van der Waals surface area contributed by atoms with Crippen molar-refractivity contribution in [3.63, 3.8) is 0 Å². The molecule has 0 amide bonds. The fraction of sp³-hybridized carbons (Fsp3) is 0.438. The number of likely N-dealkylation sites (N-methyl/N-ethyl adjacent to an activating group) is 1. The van der Waals surface area contributed by atoms with Gasteiger partial charge in [-0.25, -0.2) is 4.79 Å². The molecule has 0 fully saturated rings. The van der Waals surface area contributed by atoms with Gasteiger partial charge in [0.15, 0.2) is 0 Å². The van der Waals surface area contributed by atoms with Crippen LogP contribution in [0.25, 0.3) is 0 Å². The van der Waals surface area contributed by atoms with Gasteiger partial charge >= 0.3 is 5.69 Å². The minimum atomic E-state index is 0.0692. The van der Waals surface area contributed by atoms with Gasteiger partial charge in [-0.3, -0.25) is 9.13 Å². The van der Waals surface area contributed by atoms with Crippen molar-refractivity contribution in [2.24, 2.45) is 0 Å². The lowest BCUT2D eigenvalue weighted by atomic mass is 10.0. The molecule has 4 heteroatoms. The molecule has 1 N–H and O–H groups in total. The molecule has 0 saturated heterocycles. The van der Waals surface area contributed by atoms with E-state index in [9.17, 15) is 4.79 Å². The molecule has 0 aliphatic heterocycles. The van der Waals surface area contributed by atoms with E-state index in [4.69, 9.17) is 0 Å². The van der Waals surface area contributed by atoms with E-state index in [1.54, 1.807) is 9.13 Å². The fourth-order valence-electron chi connectivity index (χ4n) is 2.45. The summed E-state index contributed by atoms with van der Waals surface area (Å²) in [7, 11) is 1.93. The van der Waals surface area contributed by atoms with Crippen molar-refractivity contribution in [3.05, 3.63) is 58.3 Å². The van der Waals surface area contributed by atoms with Crippen LogP contribution in [0.15, 0.2) is 41.5 Å². The van der Waals surface area contributed by atoms with E-state index in [2.05, 4.69) is 43.4 Å². The highest BCUT2D eigenvalue weighted by atomic mass is 16.1. The number of benzene rings is 1. The van der Waals surface area contributed by atoms with Gasteiger partial charge in [-0.05, 0) is 26.0 Å². The number of hydrogen-bond donors (Lipinski definition) is 1. The van der Waals surface area contributed by atoms with E-state index >= 15 is 0 Å². The molecular formula is C16H23N3O. The third kappa shape index (κ3) is 3.20. The molecule has 4 nitrogen and oxygen atoms in total. The zero-order chi connectivity index (χ0) is 14.5. The third-order valence-corrected chi connectivity index (χ3v) is 3.55. The summed E-state index contributed by atoms with van der Waals surface area (Å²) in [5.74, 6) is 0. The standard InChI is InChI=1S/C16H23N3O/c1-4-8-18-9-10-19(16(18)20)12-15(17-3)14-7-5-6-13(2)11-14/h5-7,9-11,15,17H,4,8,12H2,1-3H3. The lowest BCUT2D eigenvalue weighted by Gasteiger charge is -2.17. The van der Waals surface area contributed by atoms with Gasteiger partial charge in [-0.1, -0.05) is 36.8 Å². The first kappa shape index (κ1) is 14.6. The highest BCUT2D eigenvalue weighted by Crippen LogP contribution is 2.15. The monoisotopic (exact) mass is 273 g/mol. The van der Waals surface area contributed by atoms with Crippen molar-refractivity contribution in [1.29, 1.82) is 0 Å². The van der Waals surface area contributed by atoms with Crippen molar-refractivity contribution in [2.45, 2.75) is 39.4 Å². The second kappa shape index (κ2) is 6.57. The van der Waals surface area contributed by atoms with Crippen LogP contribution >= 0.6 is 0 Å². The van der Waals surface area contributed by atoms with Gasteiger partial charge in [0.05, 0.1) is 6.04 Å². The van der Waals surface area contributed by atoms with Crippen LogP contribution in [0.3, 0.4) is 0 Å². The number of imidazole rings is 1. The first-order chi connectivity index (χ1) is 9.65. The van der Waals surface area contributed by atoms with Gasteiger partial charge in [0.2, 0.25) is 0 Å². The fourth-order valence-corrected chi connectivity index (χ4v) is 2.45. The number of nitrogens with one attached hydrogen (secondary N) is 1. The van der Waals surface area contributed by atoms with Crippen molar-refractivity contribution >= 4 is 0 Å². The van der Waals surface area contributed by atoms with Gasteiger partial charge in [-0.15, -0.1) is 0 Å². The van der Waals surface area contributed by atoms with E-state index in [1.807, 2.05) is 19.4 Å². The highest BCUT2D eigenvalue weighted by Gasteiger charge is 2.12. The second-order valence-electron chi connectivity index (χ2n) is 5.18. The number of rotatable bonds is 6. The van der Waals surface area contributed by atoms with Gasteiger partial charge in [0.25, 0.3) is 0 Å². The molecule has 1 atom stereocenters. The number of aryl methyl sites for hydroxylation is 2. The van der Waals surface area contributed by atoms with Crippen LogP contribution in [-0.4, -0.2) is 16.2 Å². The number of nitrogens with zero attached hydrogens (tertiary/aromatic N) is 2. The van der Waals surface area contributed by atoms with Crippen LogP contribution in [-0.2, 0) is 13.1 Å². The SMILES string of the molecule is CCCn1ccn(CC(NC)c2cccc(C)c2)c1=O. The number of aromatic nitrogens is 2. The minimum absolute atomic E-state index is 0.0692. The molecule has 1 heterocycles. The first-order valence-electron chi connectivity index (χ1n) is 7.15. The van der Waals surface area contributed by atoms with E-state index in [0.717, 1.165) is 13.0 Å². The summed E-state index contributed by atoms with van der Waals surface area (Å²) in [6.45, 7) is 5.59. The molecule has 20 heavy (non-hydrogen) atoms. The molecule has 1 aromatic carbocycles. The summed E-state index contributed by atoms with van der Waals surface area (Å²) in [5, 5.41) is 3.29. The summed E-state index contributed by atoms with van der Waals surface area (Å²) >= 11 is 0. The average molecular weight is 273 g/mol. The molecule has 0 aliphatic carbocycles. The molecule has 0 radical (unpaired) electrons. The van der Waals surface area contributed by atoms with Crippen molar-refractivity contribution in [2.75, 3.05) is 7.05 Å². The van der Waals surface area contributed by atoms with E-state index in [1.165, 1.54) is 11.1 Å². The summed E-state index contributed by atoms with van der Waals surface area (Å²) in [6, 6.07) is 8.54. The molecule has 2 aromatic rings. The summed E-state index contributed by atoms with van der Waals surface area (Å²) < 4.78 is 3.54.